The molecule has 0 aromatic heterocycles. The molecule has 1 N–H and O–H groups in total. The van der Waals surface area contributed by atoms with E-state index in [1.165, 1.54) is 71.4 Å². The number of hydrogen-bond donors (Lipinski definition) is 1. The van der Waals surface area contributed by atoms with Gasteiger partial charge in [-0.25, -0.2) is 0 Å². The number of hydrogen-bond acceptors (Lipinski definition) is 3. The Morgan fingerprint density at radius 3 is 2.45 bits per heavy atom. The fourth-order valence-corrected chi connectivity index (χ4v) is 3.70. The van der Waals surface area contributed by atoms with E-state index in [0.717, 1.165) is 17.9 Å². The molecule has 0 bridgehead atoms. The van der Waals surface area contributed by atoms with Crippen molar-refractivity contribution in [1.82, 2.24) is 15.1 Å². The average Bonchev–Trinajstić information content (AvgIpc) is 2.67. The van der Waals surface area contributed by atoms with Crippen LogP contribution in [0.2, 0.25) is 0 Å². The van der Waals surface area contributed by atoms with Crippen molar-refractivity contribution < 1.29 is 0 Å². The molecule has 2 rings (SSSR count). The second kappa shape index (κ2) is 8.35. The maximum Gasteiger partial charge on any atom is 0.0110 e. The highest BCUT2D eigenvalue weighted by molar-refractivity contribution is 4.77. The van der Waals surface area contributed by atoms with Crippen molar-refractivity contribution in [2.45, 2.75) is 52.0 Å². The van der Waals surface area contributed by atoms with Crippen LogP contribution in [-0.4, -0.2) is 62.2 Å². The number of nitrogens with zero attached hydrogens (tertiary/aromatic N) is 2. The van der Waals surface area contributed by atoms with E-state index in [4.69, 9.17) is 0 Å². The van der Waals surface area contributed by atoms with Crippen LogP contribution in [0.25, 0.3) is 0 Å². The molecule has 1 aliphatic heterocycles. The summed E-state index contributed by atoms with van der Waals surface area (Å²) in [5.74, 6) is 1.85. The van der Waals surface area contributed by atoms with Crippen LogP contribution in [0.4, 0.5) is 0 Å². The first-order valence-electron chi connectivity index (χ1n) is 8.79. The molecule has 2 aliphatic rings. The Labute approximate surface area is 126 Å². The van der Waals surface area contributed by atoms with Gasteiger partial charge in [-0.2, -0.15) is 0 Å². The molecule has 0 aromatic carbocycles. The van der Waals surface area contributed by atoms with Gasteiger partial charge in [-0.3, -0.25) is 4.90 Å². The van der Waals surface area contributed by atoms with Crippen molar-refractivity contribution in [2.24, 2.45) is 11.8 Å². The topological polar surface area (TPSA) is 18.5 Å². The highest BCUT2D eigenvalue weighted by atomic mass is 15.2. The number of rotatable bonds is 5. The number of nitrogens with one attached hydrogen (secondary N) is 1. The summed E-state index contributed by atoms with van der Waals surface area (Å²) in [7, 11) is 2.23. The van der Waals surface area contributed by atoms with E-state index in [-0.39, 0.29) is 0 Å². The third kappa shape index (κ3) is 5.34. The van der Waals surface area contributed by atoms with Gasteiger partial charge in [-0.05, 0) is 38.1 Å². The Hall–Kier alpha value is -0.120. The molecule has 2 atom stereocenters. The third-order valence-corrected chi connectivity index (χ3v) is 5.41. The normalized spacial score (nSPS) is 30.6. The van der Waals surface area contributed by atoms with Gasteiger partial charge < -0.3 is 10.2 Å². The first-order chi connectivity index (χ1) is 9.65. The number of likely N-dealkylation sites (N-methyl/N-ethyl adjacent to an activating group) is 1. The molecule has 3 heteroatoms. The summed E-state index contributed by atoms with van der Waals surface area (Å²) in [4.78, 5) is 5.04. The fourth-order valence-electron chi connectivity index (χ4n) is 3.70. The predicted octanol–water partition coefficient (Wildman–Crippen LogP) is 2.43. The standard InChI is InChI=1S/C17H35N3/c1-15(2)16-5-4-6-17(8-7-16)18-9-10-20-13-11-19(3)12-14-20/h15-18H,4-14H2,1-3H3. The van der Waals surface area contributed by atoms with Crippen LogP contribution >= 0.6 is 0 Å². The molecule has 2 unspecified atom stereocenters. The minimum atomic E-state index is 0.784. The maximum absolute atomic E-state index is 3.82. The van der Waals surface area contributed by atoms with E-state index >= 15 is 0 Å². The molecule has 0 radical (unpaired) electrons. The highest BCUT2D eigenvalue weighted by Crippen LogP contribution is 2.28. The third-order valence-electron chi connectivity index (χ3n) is 5.41. The lowest BCUT2D eigenvalue weighted by Gasteiger charge is -2.32. The zero-order valence-electron chi connectivity index (χ0n) is 13.9. The first kappa shape index (κ1) is 16.3. The van der Waals surface area contributed by atoms with E-state index in [0.29, 0.717) is 0 Å². The van der Waals surface area contributed by atoms with Crippen molar-refractivity contribution in [3.05, 3.63) is 0 Å². The van der Waals surface area contributed by atoms with Crippen molar-refractivity contribution in [3.8, 4) is 0 Å². The molecule has 1 saturated heterocycles. The van der Waals surface area contributed by atoms with Crippen molar-refractivity contribution in [1.29, 1.82) is 0 Å². The maximum atomic E-state index is 3.82. The molecule has 118 valence electrons. The lowest BCUT2D eigenvalue weighted by molar-refractivity contribution is 0.153. The van der Waals surface area contributed by atoms with E-state index < -0.39 is 0 Å². The Bertz CT molecular complexity index is 259. The zero-order valence-corrected chi connectivity index (χ0v) is 13.9. The van der Waals surface area contributed by atoms with Crippen LogP contribution in [0.15, 0.2) is 0 Å². The molecule has 2 fully saturated rings. The lowest BCUT2D eigenvalue weighted by atomic mass is 9.89. The summed E-state index contributed by atoms with van der Waals surface area (Å²) < 4.78 is 0. The van der Waals surface area contributed by atoms with Gasteiger partial charge in [0.1, 0.15) is 0 Å². The van der Waals surface area contributed by atoms with Gasteiger partial charge in [0.15, 0.2) is 0 Å². The van der Waals surface area contributed by atoms with E-state index in [1.807, 2.05) is 0 Å². The Morgan fingerprint density at radius 1 is 1.00 bits per heavy atom. The smallest absolute Gasteiger partial charge is 0.0110 e. The zero-order chi connectivity index (χ0) is 14.4. The average molecular weight is 281 g/mol. The van der Waals surface area contributed by atoms with Crippen LogP contribution in [0.5, 0.6) is 0 Å². The van der Waals surface area contributed by atoms with Crippen LogP contribution in [-0.2, 0) is 0 Å². The Morgan fingerprint density at radius 2 is 1.75 bits per heavy atom. The molecular formula is C17H35N3. The fraction of sp³-hybridized carbons (Fsp3) is 1.00. The van der Waals surface area contributed by atoms with Crippen molar-refractivity contribution in [2.75, 3.05) is 46.3 Å². The van der Waals surface area contributed by atoms with Gasteiger partial charge in [0.25, 0.3) is 0 Å². The highest BCUT2D eigenvalue weighted by Gasteiger charge is 2.21. The first-order valence-corrected chi connectivity index (χ1v) is 8.79. The molecule has 0 spiro atoms. The summed E-state index contributed by atoms with van der Waals surface area (Å²) in [5.41, 5.74) is 0. The summed E-state index contributed by atoms with van der Waals surface area (Å²) in [5, 5.41) is 3.82. The Balaban J connectivity index is 1.59. The largest absolute Gasteiger partial charge is 0.313 e. The van der Waals surface area contributed by atoms with Crippen LogP contribution < -0.4 is 5.32 Å². The SMILES string of the molecule is CC(C)C1CCCC(NCCN2CCN(C)CC2)CC1. The van der Waals surface area contributed by atoms with Gasteiger partial charge in [0.2, 0.25) is 0 Å². The molecule has 0 aromatic rings. The summed E-state index contributed by atoms with van der Waals surface area (Å²) in [6.45, 7) is 12.2. The van der Waals surface area contributed by atoms with Gasteiger partial charge in [-0.1, -0.05) is 26.7 Å². The second-order valence-corrected chi connectivity index (χ2v) is 7.31. The monoisotopic (exact) mass is 281 g/mol. The van der Waals surface area contributed by atoms with E-state index in [9.17, 15) is 0 Å². The molecule has 1 aliphatic carbocycles. The minimum absolute atomic E-state index is 0.784. The molecular weight excluding hydrogens is 246 g/mol. The van der Waals surface area contributed by atoms with Gasteiger partial charge in [-0.15, -0.1) is 0 Å². The summed E-state index contributed by atoms with van der Waals surface area (Å²) in [6, 6.07) is 0.784. The Kier molecular flexibility index (Phi) is 6.79. The van der Waals surface area contributed by atoms with Crippen LogP contribution in [0.3, 0.4) is 0 Å². The lowest BCUT2D eigenvalue weighted by Crippen LogP contribution is -2.47. The van der Waals surface area contributed by atoms with E-state index in [2.05, 4.69) is 36.0 Å². The molecule has 1 saturated carbocycles. The quantitative estimate of drug-likeness (QED) is 0.781. The van der Waals surface area contributed by atoms with Crippen LogP contribution in [0, 0.1) is 11.8 Å². The second-order valence-electron chi connectivity index (χ2n) is 7.31. The van der Waals surface area contributed by atoms with Crippen LogP contribution in [0.1, 0.15) is 46.0 Å². The molecule has 1 heterocycles. The van der Waals surface area contributed by atoms with Crippen molar-refractivity contribution >= 4 is 0 Å². The van der Waals surface area contributed by atoms with E-state index in [1.54, 1.807) is 0 Å². The summed E-state index contributed by atoms with van der Waals surface area (Å²) >= 11 is 0. The molecule has 0 amide bonds. The summed E-state index contributed by atoms with van der Waals surface area (Å²) in [6.07, 6.45) is 7.10. The van der Waals surface area contributed by atoms with Gasteiger partial charge in [0, 0.05) is 45.3 Å². The van der Waals surface area contributed by atoms with Gasteiger partial charge in [0.05, 0.1) is 0 Å². The number of piperazine rings is 1. The van der Waals surface area contributed by atoms with Gasteiger partial charge >= 0.3 is 0 Å². The molecule has 20 heavy (non-hydrogen) atoms. The predicted molar refractivity (Wildman–Crippen MR) is 87.1 cm³/mol. The van der Waals surface area contributed by atoms with Crippen molar-refractivity contribution in [3.63, 3.8) is 0 Å². The molecule has 3 nitrogen and oxygen atoms in total. The minimum Gasteiger partial charge on any atom is -0.313 e.